The van der Waals surface area contributed by atoms with Gasteiger partial charge in [0, 0.05) is 17.4 Å². The lowest BCUT2D eigenvalue weighted by molar-refractivity contribution is -0.147. The molecule has 0 amide bonds. The second kappa shape index (κ2) is 4.55. The summed E-state index contributed by atoms with van der Waals surface area (Å²) in [6, 6.07) is 1.80. The first kappa shape index (κ1) is 12.8. The smallest absolute Gasteiger partial charge is 0.311 e. The molecule has 0 saturated heterocycles. The topological polar surface area (TPSA) is 75.1 Å². The van der Waals surface area contributed by atoms with Crippen LogP contribution in [-0.4, -0.2) is 27.1 Å². The highest BCUT2D eigenvalue weighted by Gasteiger charge is 2.45. The average molecular weight is 249 g/mol. The Hall–Kier alpha value is -1.65. The summed E-state index contributed by atoms with van der Waals surface area (Å²) in [5.74, 6) is -0.214. The quantitative estimate of drug-likeness (QED) is 0.858. The molecule has 5 nitrogen and oxygen atoms in total. The number of hydrogen-bond donors (Lipinski definition) is 2. The summed E-state index contributed by atoms with van der Waals surface area (Å²) in [6.07, 6.45) is 2.47. The fraction of sp³-hybridized carbons (Fsp3) is 0.615. The molecule has 0 bridgehead atoms. The van der Waals surface area contributed by atoms with Gasteiger partial charge in [0.2, 0.25) is 5.95 Å². The van der Waals surface area contributed by atoms with Crippen molar-refractivity contribution in [3.63, 3.8) is 0 Å². The summed E-state index contributed by atoms with van der Waals surface area (Å²) in [4.78, 5) is 20.0. The van der Waals surface area contributed by atoms with E-state index >= 15 is 0 Å². The zero-order chi connectivity index (χ0) is 13.3. The maximum Gasteiger partial charge on any atom is 0.311 e. The van der Waals surface area contributed by atoms with Gasteiger partial charge in [0.05, 0.1) is 5.41 Å². The van der Waals surface area contributed by atoms with E-state index in [4.69, 9.17) is 0 Å². The third-order valence-corrected chi connectivity index (χ3v) is 3.73. The maximum absolute atomic E-state index is 11.4. The Bertz CT molecular complexity index is 455. The summed E-state index contributed by atoms with van der Waals surface area (Å²) >= 11 is 0. The van der Waals surface area contributed by atoms with Gasteiger partial charge in [-0.25, -0.2) is 9.97 Å². The average Bonchev–Trinajstić information content (AvgIpc) is 2.60. The number of carbonyl (C=O) groups is 1. The molecule has 1 saturated carbocycles. The van der Waals surface area contributed by atoms with Crippen molar-refractivity contribution in [3.8, 4) is 0 Å². The molecule has 1 fully saturated rings. The predicted octanol–water partition coefficient (Wildman–Crippen LogP) is 2.15. The largest absolute Gasteiger partial charge is 0.481 e. The summed E-state index contributed by atoms with van der Waals surface area (Å²) in [7, 11) is 0. The molecule has 18 heavy (non-hydrogen) atoms. The number of nitrogens with one attached hydrogen (secondary N) is 1. The Kier molecular flexibility index (Phi) is 3.24. The van der Waals surface area contributed by atoms with Crippen LogP contribution in [0.1, 0.15) is 37.6 Å². The van der Waals surface area contributed by atoms with Gasteiger partial charge in [0.15, 0.2) is 0 Å². The Morgan fingerprint density at radius 1 is 1.44 bits per heavy atom. The van der Waals surface area contributed by atoms with Crippen LogP contribution in [0.25, 0.3) is 0 Å². The van der Waals surface area contributed by atoms with Crippen molar-refractivity contribution in [2.75, 3.05) is 5.32 Å². The van der Waals surface area contributed by atoms with Crippen LogP contribution in [0.3, 0.4) is 0 Å². The van der Waals surface area contributed by atoms with Crippen molar-refractivity contribution in [2.24, 2.45) is 5.41 Å². The molecule has 0 radical (unpaired) electrons. The van der Waals surface area contributed by atoms with Crippen LogP contribution >= 0.6 is 0 Å². The highest BCUT2D eigenvalue weighted by Crippen LogP contribution is 2.39. The van der Waals surface area contributed by atoms with Crippen LogP contribution in [0.2, 0.25) is 0 Å². The second-order valence-corrected chi connectivity index (χ2v) is 5.29. The lowest BCUT2D eigenvalue weighted by Gasteiger charge is -2.27. The molecule has 2 atom stereocenters. The van der Waals surface area contributed by atoms with E-state index in [1.165, 1.54) is 0 Å². The summed E-state index contributed by atoms with van der Waals surface area (Å²) in [5.41, 5.74) is 1.06. The zero-order valence-electron chi connectivity index (χ0n) is 11.0. The Morgan fingerprint density at radius 2 is 2.06 bits per heavy atom. The third-order valence-electron chi connectivity index (χ3n) is 3.73. The number of aromatic nitrogens is 2. The fourth-order valence-electron chi connectivity index (χ4n) is 2.60. The lowest BCUT2D eigenvalue weighted by Crippen LogP contribution is -2.40. The Labute approximate surface area is 107 Å². The van der Waals surface area contributed by atoms with Gasteiger partial charge in [-0.1, -0.05) is 6.42 Å². The van der Waals surface area contributed by atoms with E-state index in [0.29, 0.717) is 12.4 Å². The van der Waals surface area contributed by atoms with Gasteiger partial charge < -0.3 is 10.4 Å². The van der Waals surface area contributed by atoms with Crippen LogP contribution in [0.15, 0.2) is 6.07 Å². The van der Waals surface area contributed by atoms with Crippen LogP contribution in [-0.2, 0) is 4.79 Å². The molecule has 1 aliphatic rings. The molecule has 0 aliphatic heterocycles. The van der Waals surface area contributed by atoms with E-state index in [1.54, 1.807) is 6.92 Å². The number of carboxylic acids is 1. The highest BCUT2D eigenvalue weighted by atomic mass is 16.4. The molecule has 1 aromatic heterocycles. The minimum atomic E-state index is -0.748. The SMILES string of the molecule is Cc1cc(C)nc(NC2CCCC2(C)C(=O)O)n1. The van der Waals surface area contributed by atoms with Crippen molar-refractivity contribution in [3.05, 3.63) is 17.5 Å². The summed E-state index contributed by atoms with van der Waals surface area (Å²) in [5, 5.41) is 12.5. The highest BCUT2D eigenvalue weighted by molar-refractivity contribution is 5.76. The molecule has 98 valence electrons. The van der Waals surface area contributed by atoms with Crippen molar-refractivity contribution in [1.29, 1.82) is 0 Å². The number of rotatable bonds is 3. The molecule has 5 heteroatoms. The normalized spacial score (nSPS) is 27.2. The van der Waals surface area contributed by atoms with Gasteiger partial charge in [0.1, 0.15) is 0 Å². The molecule has 1 heterocycles. The van der Waals surface area contributed by atoms with E-state index in [-0.39, 0.29) is 6.04 Å². The van der Waals surface area contributed by atoms with Crippen molar-refractivity contribution in [2.45, 2.75) is 46.1 Å². The van der Waals surface area contributed by atoms with Gasteiger partial charge in [-0.15, -0.1) is 0 Å². The molecular formula is C13H19N3O2. The number of aliphatic carboxylic acids is 1. The van der Waals surface area contributed by atoms with Gasteiger partial charge in [0.25, 0.3) is 0 Å². The standard InChI is InChI=1S/C13H19N3O2/c1-8-7-9(2)15-12(14-8)16-10-5-4-6-13(10,3)11(17)18/h7,10H,4-6H2,1-3H3,(H,17,18)(H,14,15,16). The number of carboxylic acid groups (broad SMARTS) is 1. The van der Waals surface area contributed by atoms with Gasteiger partial charge >= 0.3 is 5.97 Å². The van der Waals surface area contributed by atoms with Crippen LogP contribution in [0, 0.1) is 19.3 Å². The first-order valence-corrected chi connectivity index (χ1v) is 6.24. The fourth-order valence-corrected chi connectivity index (χ4v) is 2.60. The van der Waals surface area contributed by atoms with Crippen LogP contribution in [0.4, 0.5) is 5.95 Å². The number of hydrogen-bond acceptors (Lipinski definition) is 4. The minimum absolute atomic E-state index is 0.101. The third kappa shape index (κ3) is 2.30. The molecule has 2 N–H and O–H groups in total. The van der Waals surface area contributed by atoms with Crippen molar-refractivity contribution in [1.82, 2.24) is 9.97 Å². The van der Waals surface area contributed by atoms with Gasteiger partial charge in [-0.05, 0) is 39.7 Å². The molecule has 1 aromatic rings. The Balaban J connectivity index is 2.20. The monoisotopic (exact) mass is 249 g/mol. The van der Waals surface area contributed by atoms with E-state index in [2.05, 4.69) is 15.3 Å². The van der Waals surface area contributed by atoms with Gasteiger partial charge in [-0.3, -0.25) is 4.79 Å². The molecule has 0 spiro atoms. The summed E-state index contributed by atoms with van der Waals surface area (Å²) < 4.78 is 0. The van der Waals surface area contributed by atoms with Crippen molar-refractivity contribution >= 4 is 11.9 Å². The number of nitrogens with zero attached hydrogens (tertiary/aromatic N) is 2. The van der Waals surface area contributed by atoms with Crippen molar-refractivity contribution < 1.29 is 9.90 Å². The molecular weight excluding hydrogens is 230 g/mol. The molecule has 1 aliphatic carbocycles. The Morgan fingerprint density at radius 3 is 2.61 bits per heavy atom. The molecule has 0 aromatic carbocycles. The number of anilines is 1. The molecule has 2 rings (SSSR count). The van der Waals surface area contributed by atoms with E-state index in [9.17, 15) is 9.90 Å². The first-order valence-electron chi connectivity index (χ1n) is 6.24. The van der Waals surface area contributed by atoms with Crippen LogP contribution in [0.5, 0.6) is 0 Å². The van der Waals surface area contributed by atoms with E-state index in [0.717, 1.165) is 24.2 Å². The van der Waals surface area contributed by atoms with Gasteiger partial charge in [-0.2, -0.15) is 0 Å². The minimum Gasteiger partial charge on any atom is -0.481 e. The maximum atomic E-state index is 11.4. The first-order chi connectivity index (χ1) is 8.41. The van der Waals surface area contributed by atoms with E-state index < -0.39 is 11.4 Å². The lowest BCUT2D eigenvalue weighted by atomic mass is 9.85. The number of aryl methyl sites for hydroxylation is 2. The zero-order valence-corrected chi connectivity index (χ0v) is 11.0. The van der Waals surface area contributed by atoms with Crippen LogP contribution < -0.4 is 5.32 Å². The second-order valence-electron chi connectivity index (χ2n) is 5.29. The predicted molar refractivity (Wildman–Crippen MR) is 68.5 cm³/mol. The van der Waals surface area contributed by atoms with E-state index in [1.807, 2.05) is 19.9 Å². The summed E-state index contributed by atoms with van der Waals surface area (Å²) in [6.45, 7) is 5.61. The molecule has 2 unspecified atom stereocenters.